The molecule has 2 aromatic rings. The van der Waals surface area contributed by atoms with Gasteiger partial charge in [0.05, 0.1) is 24.3 Å². The van der Waals surface area contributed by atoms with E-state index in [9.17, 15) is 24.3 Å². The molecule has 31 heavy (non-hydrogen) atoms. The highest BCUT2D eigenvalue weighted by Crippen LogP contribution is 2.23. The number of carbonyl (C=O) groups is 4. The first-order valence-corrected chi connectivity index (χ1v) is 10.0. The molecule has 8 heteroatoms. The van der Waals surface area contributed by atoms with Gasteiger partial charge in [-0.1, -0.05) is 48.9 Å². The number of halogens is 1. The summed E-state index contributed by atoms with van der Waals surface area (Å²) in [5.74, 6) is -2.95. The summed E-state index contributed by atoms with van der Waals surface area (Å²) in [4.78, 5) is 50.3. The maximum absolute atomic E-state index is 12.8. The van der Waals surface area contributed by atoms with Gasteiger partial charge in [0.2, 0.25) is 0 Å². The van der Waals surface area contributed by atoms with Crippen LogP contribution in [0.2, 0.25) is 5.02 Å². The van der Waals surface area contributed by atoms with Crippen molar-refractivity contribution in [2.75, 3.05) is 13.2 Å². The Morgan fingerprint density at radius 2 is 1.65 bits per heavy atom. The summed E-state index contributed by atoms with van der Waals surface area (Å²) >= 11 is 6.06. The van der Waals surface area contributed by atoms with E-state index in [-0.39, 0.29) is 19.6 Å². The van der Waals surface area contributed by atoms with Crippen molar-refractivity contribution in [1.82, 2.24) is 4.90 Å². The minimum absolute atomic E-state index is 0.0489. The number of ether oxygens (including phenoxy) is 1. The smallest absolute Gasteiger partial charge is 0.339 e. The Labute approximate surface area is 183 Å². The number of benzene rings is 2. The Balaban J connectivity index is 1.69. The number of nitrogens with zero attached hydrogens (tertiary/aromatic N) is 1. The van der Waals surface area contributed by atoms with Crippen molar-refractivity contribution in [2.45, 2.75) is 19.4 Å². The van der Waals surface area contributed by atoms with Crippen molar-refractivity contribution in [1.29, 1.82) is 0 Å². The molecule has 0 aromatic heterocycles. The second-order valence-electron chi connectivity index (χ2n) is 6.82. The molecule has 2 aromatic carbocycles. The number of aliphatic carboxylic acids is 1. The largest absolute Gasteiger partial charge is 0.478 e. The van der Waals surface area contributed by atoms with Crippen LogP contribution in [0.15, 0.2) is 54.1 Å². The summed E-state index contributed by atoms with van der Waals surface area (Å²) < 4.78 is 5.58. The number of amides is 2. The molecule has 1 N–H and O–H groups in total. The van der Waals surface area contributed by atoms with Crippen molar-refractivity contribution in [3.63, 3.8) is 0 Å². The first-order valence-electron chi connectivity index (χ1n) is 9.65. The standard InChI is InChI=1S/C23H20ClNO6/c1-2-19(20(26)17(23(29)30)13-14-7-3-6-10-18(14)24)31-12-11-25-21(27)15-8-4-5-9-16(15)22(25)28/h3-10,13,19H,2,11-12H2,1H3,(H,29,30). The molecule has 0 saturated carbocycles. The van der Waals surface area contributed by atoms with Crippen molar-refractivity contribution >= 4 is 41.2 Å². The van der Waals surface area contributed by atoms with Crippen molar-refractivity contribution in [2.24, 2.45) is 0 Å². The van der Waals surface area contributed by atoms with E-state index in [1.165, 1.54) is 6.08 Å². The lowest BCUT2D eigenvalue weighted by Crippen LogP contribution is -2.35. The highest BCUT2D eigenvalue weighted by atomic mass is 35.5. The molecule has 2 amide bonds. The van der Waals surface area contributed by atoms with Crippen LogP contribution in [0.25, 0.3) is 6.08 Å². The molecule has 1 aliphatic heterocycles. The molecule has 1 atom stereocenters. The third kappa shape index (κ3) is 4.73. The molecular formula is C23H20ClNO6. The summed E-state index contributed by atoms with van der Waals surface area (Å²) in [7, 11) is 0. The number of carbonyl (C=O) groups excluding carboxylic acids is 3. The maximum Gasteiger partial charge on any atom is 0.339 e. The number of hydrogen-bond donors (Lipinski definition) is 1. The number of carboxylic acid groups (broad SMARTS) is 1. The predicted octanol–water partition coefficient (Wildman–Crippen LogP) is 3.47. The van der Waals surface area contributed by atoms with Crippen LogP contribution in [0.4, 0.5) is 0 Å². The van der Waals surface area contributed by atoms with Gasteiger partial charge in [-0.15, -0.1) is 0 Å². The Hall–Kier alpha value is -3.29. The lowest BCUT2D eigenvalue weighted by molar-refractivity contribution is -0.137. The first-order chi connectivity index (χ1) is 14.8. The van der Waals surface area contributed by atoms with Crippen molar-refractivity contribution < 1.29 is 29.0 Å². The van der Waals surface area contributed by atoms with Crippen LogP contribution < -0.4 is 0 Å². The van der Waals surface area contributed by atoms with Crippen molar-refractivity contribution in [3.8, 4) is 0 Å². The normalized spacial score (nSPS) is 14.5. The highest BCUT2D eigenvalue weighted by molar-refractivity contribution is 6.32. The number of carboxylic acids is 1. The van der Waals surface area contributed by atoms with E-state index >= 15 is 0 Å². The Kier molecular flexibility index (Phi) is 6.99. The van der Waals surface area contributed by atoms with Crippen LogP contribution in [-0.4, -0.2) is 52.8 Å². The lowest BCUT2D eigenvalue weighted by Gasteiger charge is -2.18. The molecule has 160 valence electrons. The second kappa shape index (κ2) is 9.68. The van der Waals surface area contributed by atoms with E-state index in [1.807, 2.05) is 0 Å². The van der Waals surface area contributed by atoms with Crippen LogP contribution in [0.5, 0.6) is 0 Å². The predicted molar refractivity (Wildman–Crippen MR) is 114 cm³/mol. The molecule has 0 spiro atoms. The minimum Gasteiger partial charge on any atom is -0.478 e. The van der Waals surface area contributed by atoms with Crippen LogP contribution in [-0.2, 0) is 14.3 Å². The van der Waals surface area contributed by atoms with Gasteiger partial charge >= 0.3 is 5.97 Å². The van der Waals surface area contributed by atoms with Gasteiger partial charge in [-0.05, 0) is 36.3 Å². The van der Waals surface area contributed by atoms with Gasteiger partial charge in [-0.2, -0.15) is 0 Å². The number of hydrogen-bond acceptors (Lipinski definition) is 5. The number of imide groups is 1. The molecule has 1 aliphatic rings. The van der Waals surface area contributed by atoms with Crippen molar-refractivity contribution in [3.05, 3.63) is 75.8 Å². The third-order valence-electron chi connectivity index (χ3n) is 4.88. The van der Waals surface area contributed by atoms with E-state index < -0.39 is 35.2 Å². The fourth-order valence-corrected chi connectivity index (χ4v) is 3.46. The second-order valence-corrected chi connectivity index (χ2v) is 7.23. The summed E-state index contributed by atoms with van der Waals surface area (Å²) in [6.07, 6.45) is 0.386. The zero-order valence-electron chi connectivity index (χ0n) is 16.7. The van der Waals surface area contributed by atoms with Crippen LogP contribution in [0.1, 0.15) is 39.6 Å². The molecule has 0 fully saturated rings. The minimum atomic E-state index is -1.40. The Bertz CT molecular complexity index is 1040. The molecule has 7 nitrogen and oxygen atoms in total. The quantitative estimate of drug-likeness (QED) is 0.277. The third-order valence-corrected chi connectivity index (χ3v) is 5.22. The van der Waals surface area contributed by atoms with Gasteiger partial charge < -0.3 is 9.84 Å². The maximum atomic E-state index is 12.8. The number of rotatable bonds is 9. The van der Waals surface area contributed by atoms with Crippen LogP contribution in [0.3, 0.4) is 0 Å². The zero-order chi connectivity index (χ0) is 22.5. The van der Waals surface area contributed by atoms with E-state index in [1.54, 1.807) is 55.5 Å². The highest BCUT2D eigenvalue weighted by Gasteiger charge is 2.35. The molecule has 0 bridgehead atoms. The van der Waals surface area contributed by atoms with Crippen LogP contribution >= 0.6 is 11.6 Å². The van der Waals surface area contributed by atoms with Gasteiger partial charge in [0.25, 0.3) is 11.8 Å². The number of Topliss-reactive ketones (excluding diaryl/α,β-unsaturated/α-hetero) is 1. The average molecular weight is 442 g/mol. The van der Waals surface area contributed by atoms with Gasteiger partial charge in [0.15, 0.2) is 5.78 Å². The van der Waals surface area contributed by atoms with Gasteiger partial charge in [0, 0.05) is 5.02 Å². The Morgan fingerprint density at radius 1 is 1.06 bits per heavy atom. The lowest BCUT2D eigenvalue weighted by atomic mass is 10.0. The monoisotopic (exact) mass is 441 g/mol. The summed E-state index contributed by atoms with van der Waals surface area (Å²) in [6, 6.07) is 13.1. The summed E-state index contributed by atoms with van der Waals surface area (Å²) in [5, 5.41) is 9.84. The van der Waals surface area contributed by atoms with Crippen LogP contribution in [0, 0.1) is 0 Å². The topological polar surface area (TPSA) is 101 Å². The molecular weight excluding hydrogens is 422 g/mol. The van der Waals surface area contributed by atoms with E-state index in [0.717, 1.165) is 4.90 Å². The average Bonchev–Trinajstić information content (AvgIpc) is 3.00. The molecule has 1 unspecified atom stereocenters. The first kappa shape index (κ1) is 22.4. The van der Waals surface area contributed by atoms with E-state index in [0.29, 0.717) is 21.7 Å². The summed E-state index contributed by atoms with van der Waals surface area (Å²) in [6.45, 7) is 1.53. The number of ketones is 1. The molecule has 0 radical (unpaired) electrons. The summed E-state index contributed by atoms with van der Waals surface area (Å²) in [5.41, 5.74) is 0.592. The SMILES string of the molecule is CCC(OCCN1C(=O)c2ccccc2C1=O)C(=O)C(=Cc1ccccc1Cl)C(=O)O. The molecule has 1 heterocycles. The molecule has 0 saturated heterocycles. The Morgan fingerprint density at radius 3 is 2.19 bits per heavy atom. The van der Waals surface area contributed by atoms with Gasteiger partial charge in [0.1, 0.15) is 11.7 Å². The zero-order valence-corrected chi connectivity index (χ0v) is 17.5. The van der Waals surface area contributed by atoms with E-state index in [2.05, 4.69) is 0 Å². The van der Waals surface area contributed by atoms with E-state index in [4.69, 9.17) is 16.3 Å². The molecule has 3 rings (SSSR count). The number of fused-ring (bicyclic) bond motifs is 1. The fourth-order valence-electron chi connectivity index (χ4n) is 3.27. The van der Waals surface area contributed by atoms with Gasteiger partial charge in [-0.25, -0.2) is 4.79 Å². The molecule has 0 aliphatic carbocycles. The van der Waals surface area contributed by atoms with Gasteiger partial charge in [-0.3, -0.25) is 19.3 Å². The fraction of sp³-hybridized carbons (Fsp3) is 0.217.